The molecule has 1 amide bonds. The van der Waals surface area contributed by atoms with Gasteiger partial charge in [0.15, 0.2) is 13.7 Å². The van der Waals surface area contributed by atoms with Gasteiger partial charge in [-0.3, -0.25) is 4.79 Å². The van der Waals surface area contributed by atoms with E-state index in [2.05, 4.69) is 10.1 Å². The number of aromatic nitrogens is 3. The summed E-state index contributed by atoms with van der Waals surface area (Å²) in [5.74, 6) is -4.64. The molecule has 0 spiro atoms. The predicted molar refractivity (Wildman–Crippen MR) is 92.4 cm³/mol. The Bertz CT molecular complexity index is 1020. The third-order valence-electron chi connectivity index (χ3n) is 4.14. The highest BCUT2D eigenvalue weighted by Crippen LogP contribution is 2.38. The molecule has 2 aromatic rings. The molecule has 0 N–H and O–H groups in total. The quantitative estimate of drug-likeness (QED) is 0.413. The molecular formula is C16H8B2F8N4O. The number of hydrogen-bond acceptors (Lipinski definition) is 3. The minimum Gasteiger partial charge on any atom is -0.327 e. The van der Waals surface area contributed by atoms with E-state index in [9.17, 15) is 39.9 Å². The number of amides is 1. The molecule has 0 unspecified atom stereocenters. The number of alkyl halides is 8. The van der Waals surface area contributed by atoms with Crippen molar-refractivity contribution in [1.82, 2.24) is 19.7 Å². The minimum absolute atomic E-state index is 0.0662. The molecule has 0 aliphatic carbocycles. The van der Waals surface area contributed by atoms with Crippen LogP contribution in [0.2, 0.25) is 0 Å². The first-order valence-electron chi connectivity index (χ1n) is 8.23. The summed E-state index contributed by atoms with van der Waals surface area (Å²) in [7, 11) is 11.1. The van der Waals surface area contributed by atoms with Crippen molar-refractivity contribution in [2.45, 2.75) is 18.3 Å². The van der Waals surface area contributed by atoms with Gasteiger partial charge in [0.05, 0.1) is 29.9 Å². The first-order valence-corrected chi connectivity index (χ1v) is 8.23. The number of benzene rings is 1. The van der Waals surface area contributed by atoms with E-state index in [1.807, 2.05) is 0 Å². The molecule has 1 aromatic heterocycles. The summed E-state index contributed by atoms with van der Waals surface area (Å²) in [4.78, 5) is 16.3. The maximum absolute atomic E-state index is 13.0. The fraction of sp³-hybridized carbons (Fsp3) is 0.312. The number of hydrogen-bond donors (Lipinski definition) is 0. The zero-order chi connectivity index (χ0) is 23.4. The molecule has 4 radical (unpaired) electrons. The van der Waals surface area contributed by atoms with Crippen molar-refractivity contribution in [2.75, 3.05) is 13.1 Å². The lowest BCUT2D eigenvalue weighted by atomic mass is 9.93. The second kappa shape index (κ2) is 7.38. The molecule has 5 nitrogen and oxygen atoms in total. The molecular weight excluding hydrogens is 438 g/mol. The summed E-state index contributed by atoms with van der Waals surface area (Å²) >= 11 is 0. The van der Waals surface area contributed by atoms with E-state index in [0.29, 0.717) is 16.8 Å². The van der Waals surface area contributed by atoms with Gasteiger partial charge in [0.25, 0.3) is 5.92 Å². The number of carbonyl (C=O) groups is 1. The largest absolute Gasteiger partial charge is 0.416 e. The number of likely N-dealkylation sites (tertiary alicyclic amines) is 1. The second-order valence-corrected chi connectivity index (χ2v) is 6.63. The van der Waals surface area contributed by atoms with Gasteiger partial charge in [0.1, 0.15) is 7.85 Å². The number of rotatable bonds is 3. The van der Waals surface area contributed by atoms with Crippen LogP contribution in [-0.4, -0.2) is 60.3 Å². The van der Waals surface area contributed by atoms with Gasteiger partial charge in [-0.25, -0.2) is 18.4 Å². The Morgan fingerprint density at radius 2 is 1.55 bits per heavy atom. The fourth-order valence-electron chi connectivity index (χ4n) is 2.66. The van der Waals surface area contributed by atoms with Crippen LogP contribution in [0, 0.1) is 0 Å². The lowest BCUT2D eigenvalue weighted by Crippen LogP contribution is -2.58. The van der Waals surface area contributed by atoms with E-state index in [4.69, 9.17) is 15.7 Å². The highest BCUT2D eigenvalue weighted by atomic mass is 19.4. The molecule has 2 heterocycles. The number of carbonyl (C=O) groups excluding carboxylic acids is 1. The summed E-state index contributed by atoms with van der Waals surface area (Å²) < 4.78 is 104. The van der Waals surface area contributed by atoms with Gasteiger partial charge in [-0.1, -0.05) is 0 Å². The van der Waals surface area contributed by atoms with Crippen LogP contribution >= 0.6 is 0 Å². The highest BCUT2D eigenvalue weighted by molar-refractivity contribution is 6.38. The molecule has 1 aliphatic heterocycles. The Morgan fingerprint density at radius 1 is 1.03 bits per heavy atom. The van der Waals surface area contributed by atoms with Crippen molar-refractivity contribution >= 4 is 33.5 Å². The van der Waals surface area contributed by atoms with Gasteiger partial charge in [0.2, 0.25) is 5.91 Å². The van der Waals surface area contributed by atoms with Gasteiger partial charge in [0, 0.05) is 11.8 Å². The maximum Gasteiger partial charge on any atom is 0.416 e. The average Bonchev–Trinajstić information content (AvgIpc) is 2.97. The zero-order valence-corrected chi connectivity index (χ0v) is 15.1. The molecule has 31 heavy (non-hydrogen) atoms. The van der Waals surface area contributed by atoms with Gasteiger partial charge in [-0.2, -0.15) is 26.3 Å². The van der Waals surface area contributed by atoms with Crippen LogP contribution in [0.3, 0.4) is 0 Å². The zero-order valence-electron chi connectivity index (χ0n) is 15.1. The van der Waals surface area contributed by atoms with Crippen LogP contribution in [0.4, 0.5) is 35.1 Å². The first-order chi connectivity index (χ1) is 14.1. The number of nitrogens with zero attached hydrogens (tertiary/aromatic N) is 4. The molecule has 0 saturated carbocycles. The van der Waals surface area contributed by atoms with Gasteiger partial charge < -0.3 is 4.90 Å². The van der Waals surface area contributed by atoms with E-state index in [-0.39, 0.29) is 6.07 Å². The van der Waals surface area contributed by atoms with Crippen LogP contribution in [0.5, 0.6) is 0 Å². The van der Waals surface area contributed by atoms with E-state index in [1.54, 1.807) is 0 Å². The van der Waals surface area contributed by atoms with Gasteiger partial charge >= 0.3 is 12.4 Å². The number of halogens is 8. The van der Waals surface area contributed by atoms with E-state index < -0.39 is 71.0 Å². The summed E-state index contributed by atoms with van der Waals surface area (Å²) in [6.45, 7) is -1.72. The first kappa shape index (κ1) is 22.8. The third kappa shape index (κ3) is 4.90. The van der Waals surface area contributed by atoms with E-state index >= 15 is 0 Å². The summed E-state index contributed by atoms with van der Waals surface area (Å²) in [6.07, 6.45) is -9.40. The Kier molecular flexibility index (Phi) is 5.43. The molecule has 1 aliphatic rings. The lowest BCUT2D eigenvalue weighted by molar-refractivity contribution is -0.161. The van der Waals surface area contributed by atoms with Crippen molar-refractivity contribution in [3.63, 3.8) is 0 Å². The Balaban J connectivity index is 1.96. The van der Waals surface area contributed by atoms with Crippen LogP contribution in [0.15, 0.2) is 23.7 Å². The van der Waals surface area contributed by atoms with Crippen LogP contribution < -0.4 is 5.72 Å². The van der Waals surface area contributed by atoms with Gasteiger partial charge in [-0.15, -0.1) is 5.10 Å². The lowest BCUT2D eigenvalue weighted by Gasteiger charge is -2.38. The second-order valence-electron chi connectivity index (χ2n) is 6.63. The SMILES string of the molecule is [B]/C(=C/n1nc(-c2cc(C(F)(F)F)cc(C(F)(F)F)c2)nc1[B])C(=O)N1CC(F)(F)C1. The van der Waals surface area contributed by atoms with Crippen molar-refractivity contribution in [1.29, 1.82) is 0 Å². The Morgan fingerprint density at radius 3 is 2.00 bits per heavy atom. The Labute approximate surface area is 171 Å². The molecule has 0 atom stereocenters. The molecule has 1 saturated heterocycles. The molecule has 3 rings (SSSR count). The molecule has 0 bridgehead atoms. The topological polar surface area (TPSA) is 51.0 Å². The average molecular weight is 446 g/mol. The summed E-state index contributed by atoms with van der Waals surface area (Å²) in [5.41, 5.74) is -4.94. The smallest absolute Gasteiger partial charge is 0.327 e. The molecule has 160 valence electrons. The van der Waals surface area contributed by atoms with Crippen molar-refractivity contribution < 1.29 is 39.9 Å². The standard InChI is InChI=1S/C16H8B2F8N4O/c17-10(12(31)29-5-14(19,20)6-29)4-30-13(18)27-11(28-30)7-1-8(15(21,22)23)3-9(2-7)16(24,25)26/h1-4H,5-6H2/b10-4+. The van der Waals surface area contributed by atoms with Crippen molar-refractivity contribution in [2.24, 2.45) is 0 Å². The predicted octanol–water partition coefficient (Wildman–Crippen LogP) is 2.22. The third-order valence-corrected chi connectivity index (χ3v) is 4.14. The normalized spacial score (nSPS) is 16.9. The van der Waals surface area contributed by atoms with Gasteiger partial charge in [-0.05, 0) is 23.7 Å². The highest BCUT2D eigenvalue weighted by Gasteiger charge is 2.46. The fourth-order valence-corrected chi connectivity index (χ4v) is 2.66. The van der Waals surface area contributed by atoms with Crippen LogP contribution in [-0.2, 0) is 17.1 Å². The monoisotopic (exact) mass is 446 g/mol. The maximum atomic E-state index is 13.0. The molecule has 1 aromatic carbocycles. The Hall–Kier alpha value is -2.86. The summed E-state index contributed by atoms with van der Waals surface area (Å²) in [5, 5.41) is 3.65. The van der Waals surface area contributed by atoms with Crippen LogP contribution in [0.1, 0.15) is 11.1 Å². The minimum atomic E-state index is -5.08. The summed E-state index contributed by atoms with van der Waals surface area (Å²) in [6, 6.07) is 0.729. The van der Waals surface area contributed by atoms with E-state index in [1.165, 1.54) is 0 Å². The molecule has 1 fully saturated rings. The van der Waals surface area contributed by atoms with E-state index in [0.717, 1.165) is 11.1 Å². The molecule has 15 heteroatoms. The van der Waals surface area contributed by atoms with Crippen LogP contribution in [0.25, 0.3) is 17.6 Å². The van der Waals surface area contributed by atoms with Crippen molar-refractivity contribution in [3.8, 4) is 11.4 Å². The van der Waals surface area contributed by atoms with Crippen molar-refractivity contribution in [3.05, 3.63) is 34.8 Å².